The second kappa shape index (κ2) is 8.48. The summed E-state index contributed by atoms with van der Waals surface area (Å²) in [5.74, 6) is 0.425. The van der Waals surface area contributed by atoms with Crippen molar-refractivity contribution in [2.45, 2.75) is 19.3 Å². The van der Waals surface area contributed by atoms with Crippen molar-refractivity contribution in [3.8, 4) is 6.07 Å². The number of piperidine rings is 1. The number of rotatable bonds is 5. The molecule has 1 aliphatic rings. The number of nitrogens with zero attached hydrogens (tertiary/aromatic N) is 2. The van der Waals surface area contributed by atoms with Crippen LogP contribution in [0.2, 0.25) is 0 Å². The maximum atomic E-state index is 13.0. The first-order valence-corrected chi connectivity index (χ1v) is 8.90. The zero-order valence-electron chi connectivity index (χ0n) is 14.6. The molecule has 1 saturated heterocycles. The van der Waals surface area contributed by atoms with Gasteiger partial charge in [-0.05, 0) is 67.1 Å². The lowest BCUT2D eigenvalue weighted by molar-refractivity contribution is -0.130. The lowest BCUT2D eigenvalue weighted by Gasteiger charge is -2.32. The second-order valence-corrected chi connectivity index (χ2v) is 6.70. The van der Waals surface area contributed by atoms with Gasteiger partial charge < -0.3 is 10.2 Å². The molecule has 0 spiro atoms. The van der Waals surface area contributed by atoms with E-state index in [9.17, 15) is 9.18 Å². The van der Waals surface area contributed by atoms with Crippen molar-refractivity contribution in [1.29, 1.82) is 5.26 Å². The quantitative estimate of drug-likeness (QED) is 0.896. The summed E-state index contributed by atoms with van der Waals surface area (Å²) in [5.41, 5.74) is 2.59. The number of hydrogen-bond acceptors (Lipinski definition) is 3. The predicted octanol–water partition coefficient (Wildman–Crippen LogP) is 3.59. The number of benzene rings is 2. The Labute approximate surface area is 153 Å². The van der Waals surface area contributed by atoms with Crippen LogP contribution in [0.15, 0.2) is 48.5 Å². The van der Waals surface area contributed by atoms with E-state index < -0.39 is 0 Å². The SMILES string of the molecule is N#Cc1ccc(NCC(=O)N2CCC(Cc3ccc(F)cc3)CC2)cc1. The Hall–Kier alpha value is -2.87. The highest BCUT2D eigenvalue weighted by atomic mass is 19.1. The first kappa shape index (κ1) is 17.9. The summed E-state index contributed by atoms with van der Waals surface area (Å²) in [7, 11) is 0. The van der Waals surface area contributed by atoms with E-state index in [0.29, 0.717) is 11.5 Å². The zero-order valence-corrected chi connectivity index (χ0v) is 14.6. The van der Waals surface area contributed by atoms with Crippen molar-refractivity contribution in [2.24, 2.45) is 5.92 Å². The molecule has 0 aliphatic carbocycles. The lowest BCUT2D eigenvalue weighted by Crippen LogP contribution is -2.41. The van der Waals surface area contributed by atoms with Crippen molar-refractivity contribution in [2.75, 3.05) is 25.0 Å². The molecular weight excluding hydrogens is 329 g/mol. The Balaban J connectivity index is 1.42. The van der Waals surface area contributed by atoms with E-state index in [4.69, 9.17) is 5.26 Å². The minimum Gasteiger partial charge on any atom is -0.376 e. The Morgan fingerprint density at radius 3 is 2.38 bits per heavy atom. The van der Waals surface area contributed by atoms with Gasteiger partial charge in [-0.1, -0.05) is 12.1 Å². The Morgan fingerprint density at radius 1 is 1.12 bits per heavy atom. The van der Waals surface area contributed by atoms with Gasteiger partial charge in [-0.2, -0.15) is 5.26 Å². The van der Waals surface area contributed by atoms with Crippen molar-refractivity contribution < 1.29 is 9.18 Å². The highest BCUT2D eigenvalue weighted by Gasteiger charge is 2.22. The summed E-state index contributed by atoms with van der Waals surface area (Å²) < 4.78 is 13.0. The maximum Gasteiger partial charge on any atom is 0.241 e. The largest absolute Gasteiger partial charge is 0.376 e. The second-order valence-electron chi connectivity index (χ2n) is 6.70. The van der Waals surface area contributed by atoms with Crippen LogP contribution in [0, 0.1) is 23.1 Å². The lowest BCUT2D eigenvalue weighted by atomic mass is 9.90. The Kier molecular flexibility index (Phi) is 5.85. The summed E-state index contributed by atoms with van der Waals surface area (Å²) in [6.45, 7) is 1.79. The monoisotopic (exact) mass is 351 g/mol. The summed E-state index contributed by atoms with van der Waals surface area (Å²) in [4.78, 5) is 14.3. The molecular formula is C21H22FN3O. The fourth-order valence-electron chi connectivity index (χ4n) is 3.29. The van der Waals surface area contributed by atoms with Gasteiger partial charge >= 0.3 is 0 Å². The van der Waals surface area contributed by atoms with E-state index in [1.807, 2.05) is 17.0 Å². The Morgan fingerprint density at radius 2 is 1.77 bits per heavy atom. The van der Waals surface area contributed by atoms with Gasteiger partial charge in [0.25, 0.3) is 0 Å². The normalized spacial score (nSPS) is 14.7. The van der Waals surface area contributed by atoms with Gasteiger partial charge in [-0.25, -0.2) is 4.39 Å². The molecule has 1 amide bonds. The topological polar surface area (TPSA) is 56.1 Å². The molecule has 2 aromatic carbocycles. The standard InChI is InChI=1S/C21H22FN3O/c22-19-5-1-16(2-6-19)13-17-9-11-25(12-10-17)21(26)15-24-20-7-3-18(14-23)4-8-20/h1-8,17,24H,9-13,15H2. The summed E-state index contributed by atoms with van der Waals surface area (Å²) in [6.07, 6.45) is 2.88. The van der Waals surface area contributed by atoms with Crippen LogP contribution < -0.4 is 5.32 Å². The molecule has 1 aliphatic heterocycles. The number of nitriles is 1. The van der Waals surface area contributed by atoms with E-state index in [-0.39, 0.29) is 18.3 Å². The number of carbonyl (C=O) groups excluding carboxylic acids is 1. The van der Waals surface area contributed by atoms with Crippen LogP contribution in [0.1, 0.15) is 24.0 Å². The molecule has 4 nitrogen and oxygen atoms in total. The van der Waals surface area contributed by atoms with Gasteiger partial charge in [-0.15, -0.1) is 0 Å². The average Bonchev–Trinajstić information content (AvgIpc) is 2.69. The van der Waals surface area contributed by atoms with E-state index >= 15 is 0 Å². The number of hydrogen-bond donors (Lipinski definition) is 1. The third kappa shape index (κ3) is 4.82. The number of likely N-dealkylation sites (tertiary alicyclic amines) is 1. The van der Waals surface area contributed by atoms with Crippen LogP contribution in [0.25, 0.3) is 0 Å². The molecule has 1 fully saturated rings. The molecule has 0 unspecified atom stereocenters. The third-order valence-electron chi connectivity index (χ3n) is 4.86. The number of nitrogens with one attached hydrogen (secondary N) is 1. The van der Waals surface area contributed by atoms with Gasteiger partial charge in [0.2, 0.25) is 5.91 Å². The van der Waals surface area contributed by atoms with Gasteiger partial charge in [0.1, 0.15) is 5.82 Å². The van der Waals surface area contributed by atoms with Gasteiger partial charge in [0, 0.05) is 18.8 Å². The van der Waals surface area contributed by atoms with Crippen molar-refractivity contribution in [3.05, 3.63) is 65.5 Å². The highest BCUT2D eigenvalue weighted by Crippen LogP contribution is 2.22. The minimum atomic E-state index is -0.205. The van der Waals surface area contributed by atoms with E-state index in [1.165, 1.54) is 12.1 Å². The molecule has 1 heterocycles. The molecule has 0 radical (unpaired) electrons. The van der Waals surface area contributed by atoms with Gasteiger partial charge in [0.05, 0.1) is 18.2 Å². The number of amides is 1. The van der Waals surface area contributed by atoms with Crippen LogP contribution in [0.3, 0.4) is 0 Å². The van der Waals surface area contributed by atoms with Crippen LogP contribution in [-0.2, 0) is 11.2 Å². The fraction of sp³-hybridized carbons (Fsp3) is 0.333. The molecule has 26 heavy (non-hydrogen) atoms. The van der Waals surface area contributed by atoms with Crippen molar-refractivity contribution in [3.63, 3.8) is 0 Å². The van der Waals surface area contributed by atoms with E-state index in [2.05, 4.69) is 11.4 Å². The molecule has 0 saturated carbocycles. The molecule has 3 rings (SSSR count). The first-order valence-electron chi connectivity index (χ1n) is 8.90. The third-order valence-corrected chi connectivity index (χ3v) is 4.86. The van der Waals surface area contributed by atoms with Crippen molar-refractivity contribution >= 4 is 11.6 Å². The molecule has 0 aromatic heterocycles. The molecule has 2 aromatic rings. The molecule has 1 N–H and O–H groups in total. The molecule has 0 bridgehead atoms. The van der Waals surface area contributed by atoms with Gasteiger partial charge in [-0.3, -0.25) is 4.79 Å². The summed E-state index contributed by atoms with van der Waals surface area (Å²) >= 11 is 0. The Bertz CT molecular complexity index is 772. The van der Waals surface area contributed by atoms with Crippen LogP contribution >= 0.6 is 0 Å². The predicted molar refractivity (Wildman–Crippen MR) is 99.1 cm³/mol. The average molecular weight is 351 g/mol. The number of halogens is 1. The summed E-state index contributed by atoms with van der Waals surface area (Å²) in [5, 5.41) is 11.9. The minimum absolute atomic E-state index is 0.0922. The van der Waals surface area contributed by atoms with Crippen LogP contribution in [-0.4, -0.2) is 30.4 Å². The maximum absolute atomic E-state index is 13.0. The molecule has 134 valence electrons. The van der Waals surface area contributed by atoms with E-state index in [0.717, 1.165) is 43.6 Å². The smallest absolute Gasteiger partial charge is 0.241 e. The van der Waals surface area contributed by atoms with Crippen LogP contribution in [0.4, 0.5) is 10.1 Å². The van der Waals surface area contributed by atoms with Crippen LogP contribution in [0.5, 0.6) is 0 Å². The van der Waals surface area contributed by atoms with E-state index in [1.54, 1.807) is 24.3 Å². The summed E-state index contributed by atoms with van der Waals surface area (Å²) in [6, 6.07) is 15.8. The number of anilines is 1. The first-order chi connectivity index (χ1) is 12.6. The molecule has 0 atom stereocenters. The zero-order chi connectivity index (χ0) is 18.4. The molecule has 5 heteroatoms. The highest BCUT2D eigenvalue weighted by molar-refractivity contribution is 5.81. The van der Waals surface area contributed by atoms with Gasteiger partial charge in [0.15, 0.2) is 0 Å². The number of carbonyl (C=O) groups is 1. The fourth-order valence-corrected chi connectivity index (χ4v) is 3.29. The van der Waals surface area contributed by atoms with Crippen molar-refractivity contribution in [1.82, 2.24) is 4.90 Å².